The van der Waals surface area contributed by atoms with Crippen molar-refractivity contribution in [3.05, 3.63) is 48.5 Å². The molecule has 4 heterocycles. The first-order valence-corrected chi connectivity index (χ1v) is 9.04. The molecule has 9 nitrogen and oxygen atoms in total. The molecule has 4 aromatic rings. The number of H-pyrrole nitrogens is 1. The van der Waals surface area contributed by atoms with Gasteiger partial charge in [0.2, 0.25) is 11.8 Å². The first-order chi connectivity index (χ1) is 14.1. The standard InChI is InChI=1S/C20H19N7O2/c1-3-13-7-16(27-19(21)26-13)15-10-25-18-14(15)6-12(9-24-18)11-4-5-17(23-8-11)29-20(28)22-2/h4-10H,3H2,1-2H3,(H,22,28)(H,24,25)(H2,21,26,27). The van der Waals surface area contributed by atoms with Gasteiger partial charge in [-0.3, -0.25) is 0 Å². The smallest absolute Gasteiger partial charge is 0.391 e. The number of nitrogens with zero attached hydrogens (tertiary/aromatic N) is 4. The van der Waals surface area contributed by atoms with Crippen LogP contribution >= 0.6 is 0 Å². The summed E-state index contributed by atoms with van der Waals surface area (Å²) >= 11 is 0. The maximum Gasteiger partial charge on any atom is 0.413 e. The Morgan fingerprint density at radius 2 is 2.00 bits per heavy atom. The summed E-state index contributed by atoms with van der Waals surface area (Å²) in [6.45, 7) is 2.02. The lowest BCUT2D eigenvalue weighted by Gasteiger charge is -2.06. The van der Waals surface area contributed by atoms with Gasteiger partial charge in [-0.05, 0) is 24.6 Å². The highest BCUT2D eigenvalue weighted by Gasteiger charge is 2.12. The number of aromatic nitrogens is 5. The average molecular weight is 389 g/mol. The normalized spacial score (nSPS) is 10.8. The number of anilines is 1. The molecule has 0 aliphatic carbocycles. The lowest BCUT2D eigenvalue weighted by atomic mass is 10.1. The van der Waals surface area contributed by atoms with Crippen LogP contribution in [0.5, 0.6) is 5.88 Å². The number of nitrogens with one attached hydrogen (secondary N) is 2. The topological polar surface area (TPSA) is 132 Å². The number of pyridine rings is 2. The van der Waals surface area contributed by atoms with Gasteiger partial charge >= 0.3 is 6.09 Å². The molecular weight excluding hydrogens is 370 g/mol. The minimum absolute atomic E-state index is 0.216. The van der Waals surface area contributed by atoms with Crippen LogP contribution in [0, 0.1) is 0 Å². The quantitative estimate of drug-likeness (QED) is 0.489. The van der Waals surface area contributed by atoms with Gasteiger partial charge in [0.05, 0.1) is 5.69 Å². The van der Waals surface area contributed by atoms with Crippen LogP contribution in [0.15, 0.2) is 42.9 Å². The summed E-state index contributed by atoms with van der Waals surface area (Å²) < 4.78 is 5.01. The number of amides is 1. The Hall–Kier alpha value is -4.01. The Morgan fingerprint density at radius 3 is 2.72 bits per heavy atom. The van der Waals surface area contributed by atoms with E-state index < -0.39 is 6.09 Å². The van der Waals surface area contributed by atoms with Crippen LogP contribution in [0.3, 0.4) is 0 Å². The molecule has 0 unspecified atom stereocenters. The van der Waals surface area contributed by atoms with Crippen LogP contribution in [0.1, 0.15) is 12.6 Å². The maximum absolute atomic E-state index is 11.3. The number of aromatic amines is 1. The van der Waals surface area contributed by atoms with Gasteiger partial charge in [-0.2, -0.15) is 0 Å². The predicted octanol–water partition coefficient (Wildman–Crippen LogP) is 2.94. The Balaban J connectivity index is 1.72. The van der Waals surface area contributed by atoms with Crippen molar-refractivity contribution in [1.82, 2.24) is 30.2 Å². The molecule has 0 spiro atoms. The van der Waals surface area contributed by atoms with E-state index in [1.54, 1.807) is 18.5 Å². The SMILES string of the molecule is CCc1cc(-c2c[nH]c3ncc(-c4ccc(OC(=O)NC)nc4)cc23)nc(N)n1. The van der Waals surface area contributed by atoms with Crippen molar-refractivity contribution in [2.24, 2.45) is 0 Å². The summed E-state index contributed by atoms with van der Waals surface area (Å²) in [6.07, 6.45) is 5.44. The molecule has 9 heteroatoms. The van der Waals surface area contributed by atoms with Crippen LogP contribution in [-0.4, -0.2) is 38.1 Å². The van der Waals surface area contributed by atoms with Crippen LogP contribution in [0.2, 0.25) is 0 Å². The molecule has 0 saturated heterocycles. The third kappa shape index (κ3) is 3.70. The predicted molar refractivity (Wildman–Crippen MR) is 109 cm³/mol. The van der Waals surface area contributed by atoms with Crippen molar-refractivity contribution in [1.29, 1.82) is 0 Å². The molecule has 0 radical (unpaired) electrons. The molecule has 4 aromatic heterocycles. The number of carbonyl (C=O) groups excluding carboxylic acids is 1. The monoisotopic (exact) mass is 389 g/mol. The molecule has 0 aromatic carbocycles. The Kier molecular flexibility index (Phi) is 4.78. The number of aryl methyl sites for hydroxylation is 1. The van der Waals surface area contributed by atoms with Crippen LogP contribution in [0.25, 0.3) is 33.4 Å². The third-order valence-electron chi connectivity index (χ3n) is 4.44. The van der Waals surface area contributed by atoms with E-state index in [9.17, 15) is 4.79 Å². The van der Waals surface area contributed by atoms with Crippen molar-refractivity contribution in [2.75, 3.05) is 12.8 Å². The molecule has 0 bridgehead atoms. The second-order valence-electron chi connectivity index (χ2n) is 6.30. The molecule has 1 amide bonds. The van der Waals surface area contributed by atoms with Gasteiger partial charge in [-0.1, -0.05) is 6.92 Å². The van der Waals surface area contributed by atoms with E-state index in [1.165, 1.54) is 7.05 Å². The summed E-state index contributed by atoms with van der Waals surface area (Å²) in [5.41, 5.74) is 10.8. The number of ether oxygens (including phenoxy) is 1. The lowest BCUT2D eigenvalue weighted by molar-refractivity contribution is 0.201. The van der Waals surface area contributed by atoms with Gasteiger partial charge in [-0.25, -0.2) is 24.7 Å². The zero-order chi connectivity index (χ0) is 20.4. The Bertz CT molecular complexity index is 1190. The fourth-order valence-corrected chi connectivity index (χ4v) is 2.97. The van der Waals surface area contributed by atoms with Crippen LogP contribution in [0.4, 0.5) is 10.7 Å². The maximum atomic E-state index is 11.3. The summed E-state index contributed by atoms with van der Waals surface area (Å²) in [4.78, 5) is 31.7. The molecule has 0 saturated carbocycles. The molecule has 29 heavy (non-hydrogen) atoms. The van der Waals surface area contributed by atoms with Gasteiger partial charge in [0.1, 0.15) is 5.65 Å². The summed E-state index contributed by atoms with van der Waals surface area (Å²) in [5, 5.41) is 3.29. The summed E-state index contributed by atoms with van der Waals surface area (Å²) in [7, 11) is 1.49. The zero-order valence-corrected chi connectivity index (χ0v) is 15.9. The number of hydrogen-bond acceptors (Lipinski definition) is 7. The molecule has 0 atom stereocenters. The second-order valence-corrected chi connectivity index (χ2v) is 6.30. The second kappa shape index (κ2) is 7.55. The van der Waals surface area contributed by atoms with Crippen molar-refractivity contribution in [3.8, 4) is 28.3 Å². The number of rotatable bonds is 4. The van der Waals surface area contributed by atoms with Crippen molar-refractivity contribution in [3.63, 3.8) is 0 Å². The van der Waals surface area contributed by atoms with E-state index in [0.717, 1.165) is 45.5 Å². The number of nitrogens with two attached hydrogens (primary N) is 1. The number of carbonyl (C=O) groups is 1. The van der Waals surface area contributed by atoms with Gasteiger partial charge in [0.15, 0.2) is 0 Å². The highest BCUT2D eigenvalue weighted by Crippen LogP contribution is 2.30. The number of hydrogen-bond donors (Lipinski definition) is 3. The average Bonchev–Trinajstić information content (AvgIpc) is 3.17. The van der Waals surface area contributed by atoms with E-state index in [-0.39, 0.29) is 11.8 Å². The van der Waals surface area contributed by atoms with E-state index >= 15 is 0 Å². The first-order valence-electron chi connectivity index (χ1n) is 9.04. The molecule has 0 fully saturated rings. The van der Waals surface area contributed by atoms with E-state index in [4.69, 9.17) is 10.5 Å². The van der Waals surface area contributed by atoms with Crippen molar-refractivity contribution in [2.45, 2.75) is 13.3 Å². The molecule has 146 valence electrons. The zero-order valence-electron chi connectivity index (χ0n) is 15.9. The minimum Gasteiger partial charge on any atom is -0.391 e. The van der Waals surface area contributed by atoms with Crippen molar-refractivity contribution < 1.29 is 9.53 Å². The minimum atomic E-state index is -0.569. The largest absolute Gasteiger partial charge is 0.413 e. The first kappa shape index (κ1) is 18.4. The van der Waals surface area contributed by atoms with Crippen LogP contribution < -0.4 is 15.8 Å². The number of fused-ring (bicyclic) bond motifs is 1. The molecule has 0 aliphatic rings. The Labute approximate surface area is 166 Å². The molecular formula is C20H19N7O2. The van der Waals surface area contributed by atoms with Crippen LogP contribution in [-0.2, 0) is 6.42 Å². The molecule has 4 N–H and O–H groups in total. The van der Waals surface area contributed by atoms with Gasteiger partial charge in [0.25, 0.3) is 0 Å². The highest BCUT2D eigenvalue weighted by molar-refractivity contribution is 5.95. The summed E-state index contributed by atoms with van der Waals surface area (Å²) in [5.74, 6) is 0.460. The lowest BCUT2D eigenvalue weighted by Crippen LogP contribution is -2.22. The van der Waals surface area contributed by atoms with E-state index in [0.29, 0.717) is 0 Å². The fraction of sp³-hybridized carbons (Fsp3) is 0.150. The van der Waals surface area contributed by atoms with Crippen molar-refractivity contribution >= 4 is 23.1 Å². The highest BCUT2D eigenvalue weighted by atomic mass is 16.6. The molecule has 0 aliphatic heterocycles. The molecule has 4 rings (SSSR count). The number of nitrogen functional groups attached to an aromatic ring is 1. The Morgan fingerprint density at radius 1 is 1.17 bits per heavy atom. The third-order valence-corrected chi connectivity index (χ3v) is 4.44. The van der Waals surface area contributed by atoms with Gasteiger partial charge in [-0.15, -0.1) is 0 Å². The fourth-order valence-electron chi connectivity index (χ4n) is 2.97. The van der Waals surface area contributed by atoms with E-state index in [2.05, 4.69) is 30.2 Å². The summed E-state index contributed by atoms with van der Waals surface area (Å²) in [6, 6.07) is 7.39. The van der Waals surface area contributed by atoms with Gasteiger partial charge < -0.3 is 20.8 Å². The van der Waals surface area contributed by atoms with Gasteiger partial charge in [0, 0.05) is 59.5 Å². The van der Waals surface area contributed by atoms with E-state index in [1.807, 2.05) is 31.3 Å².